The van der Waals surface area contributed by atoms with Crippen molar-refractivity contribution in [2.45, 2.75) is 32.9 Å². The summed E-state index contributed by atoms with van der Waals surface area (Å²) in [6.45, 7) is 4.61. The van der Waals surface area contributed by atoms with Gasteiger partial charge in [0.2, 0.25) is 0 Å². The highest BCUT2D eigenvalue weighted by Crippen LogP contribution is 2.15. The minimum Gasteiger partial charge on any atom is -0.481 e. The summed E-state index contributed by atoms with van der Waals surface area (Å²) >= 11 is 0. The highest BCUT2D eigenvalue weighted by atomic mass is 16.5. The molecule has 124 valence electrons. The Hall–Kier alpha value is -2.80. The summed E-state index contributed by atoms with van der Waals surface area (Å²) < 4.78 is 5.76. The van der Waals surface area contributed by atoms with Crippen LogP contribution < -0.4 is 4.74 Å². The number of nitriles is 1. The van der Waals surface area contributed by atoms with Gasteiger partial charge in [0.05, 0.1) is 12.5 Å². The van der Waals surface area contributed by atoms with Crippen LogP contribution in [-0.2, 0) is 11.3 Å². The van der Waals surface area contributed by atoms with E-state index in [2.05, 4.69) is 6.07 Å². The Balaban J connectivity index is 2.05. The molecule has 24 heavy (non-hydrogen) atoms. The highest BCUT2D eigenvalue weighted by molar-refractivity contribution is 5.81. The van der Waals surface area contributed by atoms with Crippen LogP contribution in [0.4, 0.5) is 0 Å². The SMILES string of the molecule is Cc1ccc(OC(C)C(=O)N(CCC#N)Cc2ccccc2)cc1. The second kappa shape index (κ2) is 8.73. The fourth-order valence-electron chi connectivity index (χ4n) is 2.38. The number of aryl methyl sites for hydroxylation is 1. The van der Waals surface area contributed by atoms with Crippen molar-refractivity contribution in [1.82, 2.24) is 4.90 Å². The van der Waals surface area contributed by atoms with Crippen LogP contribution in [-0.4, -0.2) is 23.5 Å². The van der Waals surface area contributed by atoms with Gasteiger partial charge >= 0.3 is 0 Å². The molecule has 0 heterocycles. The third-order valence-electron chi connectivity index (χ3n) is 3.70. The lowest BCUT2D eigenvalue weighted by Gasteiger charge is -2.25. The van der Waals surface area contributed by atoms with E-state index in [1.807, 2.05) is 61.5 Å². The van der Waals surface area contributed by atoms with Crippen molar-refractivity contribution in [1.29, 1.82) is 5.26 Å². The minimum atomic E-state index is -0.602. The van der Waals surface area contributed by atoms with E-state index >= 15 is 0 Å². The molecule has 1 unspecified atom stereocenters. The predicted molar refractivity (Wildman–Crippen MR) is 93.4 cm³/mol. The van der Waals surface area contributed by atoms with Gasteiger partial charge in [-0.15, -0.1) is 0 Å². The van der Waals surface area contributed by atoms with Crippen molar-refractivity contribution in [2.24, 2.45) is 0 Å². The second-order valence-electron chi connectivity index (χ2n) is 5.73. The van der Waals surface area contributed by atoms with Crippen molar-refractivity contribution >= 4 is 5.91 Å². The molecule has 0 saturated heterocycles. The summed E-state index contributed by atoms with van der Waals surface area (Å²) in [6, 6.07) is 19.5. The number of amides is 1. The molecule has 0 N–H and O–H groups in total. The van der Waals surface area contributed by atoms with Crippen molar-refractivity contribution < 1.29 is 9.53 Å². The molecular weight excluding hydrogens is 300 g/mol. The van der Waals surface area contributed by atoms with Gasteiger partial charge in [-0.05, 0) is 31.5 Å². The molecule has 0 aliphatic rings. The van der Waals surface area contributed by atoms with Crippen LogP contribution in [0.5, 0.6) is 5.75 Å². The van der Waals surface area contributed by atoms with Gasteiger partial charge in [0.25, 0.3) is 5.91 Å². The molecule has 1 amide bonds. The standard InChI is InChI=1S/C20H22N2O2/c1-16-9-11-19(12-10-16)24-17(2)20(23)22(14-6-13-21)15-18-7-4-3-5-8-18/h3-5,7-12,17H,6,14-15H2,1-2H3. The van der Waals surface area contributed by atoms with Gasteiger partial charge < -0.3 is 9.64 Å². The van der Waals surface area contributed by atoms with Crippen molar-refractivity contribution in [3.63, 3.8) is 0 Å². The Morgan fingerprint density at radius 2 is 1.83 bits per heavy atom. The molecule has 0 aromatic heterocycles. The zero-order chi connectivity index (χ0) is 17.4. The molecule has 0 radical (unpaired) electrons. The van der Waals surface area contributed by atoms with Gasteiger partial charge in [-0.3, -0.25) is 4.79 Å². The molecular formula is C20H22N2O2. The maximum Gasteiger partial charge on any atom is 0.263 e. The van der Waals surface area contributed by atoms with E-state index < -0.39 is 6.10 Å². The fourth-order valence-corrected chi connectivity index (χ4v) is 2.38. The van der Waals surface area contributed by atoms with Crippen molar-refractivity contribution in [3.05, 3.63) is 65.7 Å². The lowest BCUT2D eigenvalue weighted by atomic mass is 10.2. The van der Waals surface area contributed by atoms with Crippen LogP contribution in [0.3, 0.4) is 0 Å². The van der Waals surface area contributed by atoms with E-state index in [1.54, 1.807) is 11.8 Å². The van der Waals surface area contributed by atoms with Crippen molar-refractivity contribution in [3.8, 4) is 11.8 Å². The number of hydrogen-bond donors (Lipinski definition) is 0. The highest BCUT2D eigenvalue weighted by Gasteiger charge is 2.22. The summed E-state index contributed by atoms with van der Waals surface area (Å²) in [5, 5.41) is 8.84. The lowest BCUT2D eigenvalue weighted by Crippen LogP contribution is -2.40. The zero-order valence-corrected chi connectivity index (χ0v) is 14.1. The van der Waals surface area contributed by atoms with Gasteiger partial charge in [0.15, 0.2) is 6.10 Å². The molecule has 2 rings (SSSR count). The molecule has 0 bridgehead atoms. The number of carbonyl (C=O) groups is 1. The Labute approximate surface area is 143 Å². The Kier molecular flexibility index (Phi) is 6.39. The number of rotatable bonds is 7. The molecule has 4 nitrogen and oxygen atoms in total. The molecule has 0 aliphatic carbocycles. The van der Waals surface area contributed by atoms with Gasteiger partial charge in [0, 0.05) is 13.1 Å². The number of carbonyl (C=O) groups excluding carboxylic acids is 1. The summed E-state index contributed by atoms with van der Waals surface area (Å²) in [5.41, 5.74) is 2.17. The topological polar surface area (TPSA) is 53.3 Å². The Bertz CT molecular complexity index is 690. The third kappa shape index (κ3) is 5.13. The van der Waals surface area contributed by atoms with Gasteiger partial charge in [0.1, 0.15) is 5.75 Å². The molecule has 0 aliphatic heterocycles. The molecule has 2 aromatic rings. The van der Waals surface area contributed by atoms with Gasteiger partial charge in [-0.1, -0.05) is 48.0 Å². The fraction of sp³-hybridized carbons (Fsp3) is 0.300. The predicted octanol–water partition coefficient (Wildman–Crippen LogP) is 3.70. The molecule has 1 atom stereocenters. The molecule has 2 aromatic carbocycles. The molecule has 0 spiro atoms. The summed E-state index contributed by atoms with van der Waals surface area (Å²) in [7, 11) is 0. The quantitative estimate of drug-likeness (QED) is 0.781. The normalized spacial score (nSPS) is 11.4. The minimum absolute atomic E-state index is 0.116. The van der Waals surface area contributed by atoms with E-state index in [4.69, 9.17) is 10.00 Å². The van der Waals surface area contributed by atoms with Crippen molar-refractivity contribution in [2.75, 3.05) is 6.54 Å². The van der Waals surface area contributed by atoms with E-state index in [1.165, 1.54) is 0 Å². The first kappa shape index (κ1) is 17.6. The number of hydrogen-bond acceptors (Lipinski definition) is 3. The molecule has 0 fully saturated rings. The summed E-state index contributed by atoms with van der Waals surface area (Å²) in [6.07, 6.45) is -0.300. The van der Waals surface area contributed by atoms with Gasteiger partial charge in [-0.2, -0.15) is 5.26 Å². The molecule has 4 heteroatoms. The van der Waals surface area contributed by atoms with E-state index in [9.17, 15) is 4.79 Å². The smallest absolute Gasteiger partial charge is 0.263 e. The first-order chi connectivity index (χ1) is 11.6. The first-order valence-electron chi connectivity index (χ1n) is 8.03. The van der Waals surface area contributed by atoms with Crippen LogP contribution >= 0.6 is 0 Å². The van der Waals surface area contributed by atoms with Crippen LogP contribution in [0, 0.1) is 18.3 Å². The maximum absolute atomic E-state index is 12.7. The Morgan fingerprint density at radius 3 is 2.46 bits per heavy atom. The third-order valence-corrected chi connectivity index (χ3v) is 3.70. The van der Waals surface area contributed by atoms with E-state index in [-0.39, 0.29) is 5.91 Å². The largest absolute Gasteiger partial charge is 0.481 e. The maximum atomic E-state index is 12.7. The lowest BCUT2D eigenvalue weighted by molar-refractivity contribution is -0.138. The van der Waals surface area contributed by atoms with E-state index in [0.29, 0.717) is 25.3 Å². The molecule has 0 saturated carbocycles. The second-order valence-corrected chi connectivity index (χ2v) is 5.73. The van der Waals surface area contributed by atoms with Crippen LogP contribution in [0.1, 0.15) is 24.5 Å². The number of ether oxygens (including phenoxy) is 1. The monoisotopic (exact) mass is 322 g/mol. The average Bonchev–Trinajstić information content (AvgIpc) is 2.60. The Morgan fingerprint density at radius 1 is 1.17 bits per heavy atom. The average molecular weight is 322 g/mol. The van der Waals surface area contributed by atoms with Crippen LogP contribution in [0.25, 0.3) is 0 Å². The van der Waals surface area contributed by atoms with Crippen LogP contribution in [0.15, 0.2) is 54.6 Å². The van der Waals surface area contributed by atoms with Crippen LogP contribution in [0.2, 0.25) is 0 Å². The summed E-state index contributed by atoms with van der Waals surface area (Å²) in [4.78, 5) is 14.4. The summed E-state index contributed by atoms with van der Waals surface area (Å²) in [5.74, 6) is 0.552. The van der Waals surface area contributed by atoms with Gasteiger partial charge in [-0.25, -0.2) is 0 Å². The number of nitrogens with zero attached hydrogens (tertiary/aromatic N) is 2. The van der Waals surface area contributed by atoms with E-state index in [0.717, 1.165) is 11.1 Å². The first-order valence-corrected chi connectivity index (χ1v) is 8.03. The zero-order valence-electron chi connectivity index (χ0n) is 14.1. The number of benzene rings is 2.